The molecule has 1 fully saturated rings. The second-order valence-electron chi connectivity index (χ2n) is 8.07. The molecule has 1 saturated heterocycles. The van der Waals surface area contributed by atoms with E-state index in [4.69, 9.17) is 4.74 Å². The fourth-order valence-electron chi connectivity index (χ4n) is 3.05. The van der Waals surface area contributed by atoms with Gasteiger partial charge in [0.15, 0.2) is 0 Å². The number of nitrogens with zero attached hydrogens (tertiary/aromatic N) is 1. The number of esters is 1. The second-order valence-corrected chi connectivity index (χ2v) is 10.2. The molecule has 0 radical (unpaired) electrons. The molecular formula is C20H30N2O6S. The molecule has 0 aliphatic carbocycles. The van der Waals surface area contributed by atoms with E-state index in [1.807, 2.05) is 0 Å². The lowest BCUT2D eigenvalue weighted by Crippen LogP contribution is -2.48. The van der Waals surface area contributed by atoms with Crippen molar-refractivity contribution in [1.29, 1.82) is 0 Å². The molecule has 1 aromatic carbocycles. The molecule has 1 amide bonds. The van der Waals surface area contributed by atoms with Gasteiger partial charge < -0.3 is 14.8 Å². The number of sulfonamides is 1. The van der Waals surface area contributed by atoms with Gasteiger partial charge in [0, 0.05) is 19.1 Å². The van der Waals surface area contributed by atoms with Crippen molar-refractivity contribution in [3.63, 3.8) is 0 Å². The highest BCUT2D eigenvalue weighted by molar-refractivity contribution is 7.89. The van der Waals surface area contributed by atoms with Gasteiger partial charge in [-0.05, 0) is 57.7 Å². The Labute approximate surface area is 172 Å². The average molecular weight is 427 g/mol. The normalized spacial score (nSPS) is 16.3. The summed E-state index contributed by atoms with van der Waals surface area (Å²) >= 11 is 0. The van der Waals surface area contributed by atoms with E-state index in [9.17, 15) is 18.0 Å². The van der Waals surface area contributed by atoms with Gasteiger partial charge in [-0.25, -0.2) is 22.3 Å². The number of ether oxygens (including phenoxy) is 2. The molecule has 0 spiro atoms. The average Bonchev–Trinajstić information content (AvgIpc) is 2.65. The van der Waals surface area contributed by atoms with Crippen molar-refractivity contribution in [2.45, 2.75) is 51.7 Å². The number of alkyl carbamates (subject to hydrolysis) is 1. The van der Waals surface area contributed by atoms with Crippen molar-refractivity contribution in [3.05, 3.63) is 35.4 Å². The molecule has 9 heteroatoms. The van der Waals surface area contributed by atoms with E-state index in [1.165, 1.54) is 11.4 Å². The zero-order valence-corrected chi connectivity index (χ0v) is 18.3. The molecule has 0 saturated carbocycles. The first-order chi connectivity index (χ1) is 13.5. The van der Waals surface area contributed by atoms with Gasteiger partial charge in [0.1, 0.15) is 5.60 Å². The van der Waals surface area contributed by atoms with E-state index in [0.717, 1.165) is 5.56 Å². The van der Waals surface area contributed by atoms with Crippen LogP contribution in [-0.2, 0) is 25.9 Å². The summed E-state index contributed by atoms with van der Waals surface area (Å²) in [4.78, 5) is 23.3. The zero-order valence-electron chi connectivity index (χ0n) is 17.4. The minimum Gasteiger partial charge on any atom is -0.465 e. The number of piperidine rings is 1. The maximum Gasteiger partial charge on any atom is 0.407 e. The van der Waals surface area contributed by atoms with Crippen LogP contribution in [0.25, 0.3) is 0 Å². The lowest BCUT2D eigenvalue weighted by atomic mass is 10.1. The van der Waals surface area contributed by atoms with Gasteiger partial charge in [-0.1, -0.05) is 12.1 Å². The second kappa shape index (κ2) is 9.58. The maximum atomic E-state index is 12.6. The lowest BCUT2D eigenvalue weighted by molar-refractivity contribution is 0.0488. The van der Waals surface area contributed by atoms with Crippen molar-refractivity contribution in [2.75, 3.05) is 26.0 Å². The summed E-state index contributed by atoms with van der Waals surface area (Å²) in [5.41, 5.74) is 0.699. The molecular weight excluding hydrogens is 396 g/mol. The van der Waals surface area contributed by atoms with Gasteiger partial charge in [0.05, 0.1) is 18.4 Å². The van der Waals surface area contributed by atoms with Crippen molar-refractivity contribution in [2.24, 2.45) is 0 Å². The number of amides is 1. The topological polar surface area (TPSA) is 102 Å². The number of benzene rings is 1. The minimum absolute atomic E-state index is 0.00523. The number of hydrogen-bond donors (Lipinski definition) is 1. The Morgan fingerprint density at radius 2 is 1.72 bits per heavy atom. The van der Waals surface area contributed by atoms with Crippen molar-refractivity contribution in [1.82, 2.24) is 9.62 Å². The van der Waals surface area contributed by atoms with Gasteiger partial charge in [-0.15, -0.1) is 0 Å². The van der Waals surface area contributed by atoms with Crippen molar-refractivity contribution in [3.8, 4) is 0 Å². The first-order valence-corrected chi connectivity index (χ1v) is 11.3. The number of rotatable bonds is 6. The summed E-state index contributed by atoms with van der Waals surface area (Å²) in [6, 6.07) is 6.63. The minimum atomic E-state index is -3.40. The van der Waals surface area contributed by atoms with Crippen molar-refractivity contribution < 1.29 is 27.5 Å². The zero-order chi connectivity index (χ0) is 21.7. The van der Waals surface area contributed by atoms with Gasteiger partial charge in [-0.2, -0.15) is 0 Å². The molecule has 0 atom stereocenters. The largest absolute Gasteiger partial charge is 0.465 e. The molecule has 1 N–H and O–H groups in total. The quantitative estimate of drug-likeness (QED) is 0.701. The molecule has 0 aromatic heterocycles. The highest BCUT2D eigenvalue weighted by atomic mass is 32.2. The fourth-order valence-corrected chi connectivity index (χ4v) is 4.57. The number of hydrogen-bond acceptors (Lipinski definition) is 6. The highest BCUT2D eigenvalue weighted by Crippen LogP contribution is 2.17. The van der Waals surface area contributed by atoms with Crippen LogP contribution in [0.15, 0.2) is 24.3 Å². The summed E-state index contributed by atoms with van der Waals surface area (Å²) in [6.45, 7) is 6.12. The Morgan fingerprint density at radius 3 is 2.24 bits per heavy atom. The molecule has 1 aliphatic rings. The molecule has 1 aromatic rings. The van der Waals surface area contributed by atoms with E-state index in [-0.39, 0.29) is 11.8 Å². The van der Waals surface area contributed by atoms with Crippen LogP contribution in [0.1, 0.15) is 49.5 Å². The predicted molar refractivity (Wildman–Crippen MR) is 109 cm³/mol. The summed E-state index contributed by atoms with van der Waals surface area (Å²) in [7, 11) is -2.08. The number of methoxy groups -OCH3 is 1. The Kier molecular flexibility index (Phi) is 7.65. The number of aryl methyl sites for hydroxylation is 1. The summed E-state index contributed by atoms with van der Waals surface area (Å²) in [5, 5.41) is 2.80. The third-order valence-corrected chi connectivity index (χ3v) is 6.46. The van der Waals surface area contributed by atoms with E-state index in [2.05, 4.69) is 10.1 Å². The molecule has 29 heavy (non-hydrogen) atoms. The van der Waals surface area contributed by atoms with Crippen LogP contribution in [0.3, 0.4) is 0 Å². The number of carbonyl (C=O) groups excluding carboxylic acids is 2. The molecule has 1 heterocycles. The molecule has 8 nitrogen and oxygen atoms in total. The Morgan fingerprint density at radius 1 is 1.14 bits per heavy atom. The standard InChI is InChI=1S/C20H30N2O6S/c1-20(2,3)28-19(24)21-17-9-12-22(13-10-17)29(25,26)14-11-15-5-7-16(8-6-15)18(23)27-4/h5-8,17H,9-14H2,1-4H3,(H,21,24). The first kappa shape index (κ1) is 23.2. The van der Waals surface area contributed by atoms with Gasteiger partial charge in [-0.3, -0.25) is 0 Å². The Hall–Kier alpha value is -2.13. The van der Waals surface area contributed by atoms with E-state index >= 15 is 0 Å². The number of carbonyl (C=O) groups is 2. The Balaban J connectivity index is 1.82. The Bertz CT molecular complexity index is 806. The SMILES string of the molecule is COC(=O)c1ccc(CCS(=O)(=O)N2CCC(NC(=O)OC(C)(C)C)CC2)cc1. The fraction of sp³-hybridized carbons (Fsp3) is 0.600. The van der Waals surface area contributed by atoms with Gasteiger partial charge in [0.25, 0.3) is 0 Å². The maximum absolute atomic E-state index is 12.6. The lowest BCUT2D eigenvalue weighted by Gasteiger charge is -2.32. The molecule has 1 aliphatic heterocycles. The monoisotopic (exact) mass is 426 g/mol. The van der Waals surface area contributed by atoms with E-state index in [1.54, 1.807) is 45.0 Å². The van der Waals surface area contributed by atoms with Crippen LogP contribution < -0.4 is 5.32 Å². The van der Waals surface area contributed by atoms with Gasteiger partial charge in [0.2, 0.25) is 10.0 Å². The molecule has 162 valence electrons. The third-order valence-electron chi connectivity index (χ3n) is 4.59. The summed E-state index contributed by atoms with van der Waals surface area (Å²) in [6.07, 6.45) is 0.979. The first-order valence-electron chi connectivity index (χ1n) is 9.65. The van der Waals surface area contributed by atoms with Crippen LogP contribution in [0.4, 0.5) is 4.79 Å². The third kappa shape index (κ3) is 7.32. The summed E-state index contributed by atoms with van der Waals surface area (Å²) < 4.78 is 36.6. The number of nitrogens with one attached hydrogen (secondary N) is 1. The van der Waals surface area contributed by atoms with Gasteiger partial charge >= 0.3 is 12.1 Å². The van der Waals surface area contributed by atoms with Crippen LogP contribution in [0.2, 0.25) is 0 Å². The highest BCUT2D eigenvalue weighted by Gasteiger charge is 2.29. The molecule has 2 rings (SSSR count). The van der Waals surface area contributed by atoms with Crippen LogP contribution in [0.5, 0.6) is 0 Å². The summed E-state index contributed by atoms with van der Waals surface area (Å²) in [5.74, 6) is -0.429. The van der Waals surface area contributed by atoms with E-state index in [0.29, 0.717) is 37.9 Å². The van der Waals surface area contributed by atoms with Crippen LogP contribution >= 0.6 is 0 Å². The van der Waals surface area contributed by atoms with Crippen LogP contribution in [0, 0.1) is 0 Å². The smallest absolute Gasteiger partial charge is 0.407 e. The molecule has 0 bridgehead atoms. The molecule has 0 unspecified atom stereocenters. The van der Waals surface area contributed by atoms with E-state index < -0.39 is 27.7 Å². The predicted octanol–water partition coefficient (Wildman–Crippen LogP) is 2.33. The van der Waals surface area contributed by atoms with Crippen LogP contribution in [-0.4, -0.2) is 62.4 Å². The van der Waals surface area contributed by atoms with Crippen molar-refractivity contribution >= 4 is 22.1 Å².